The molecule has 7 heteroatoms. The van der Waals surface area contributed by atoms with Crippen LogP contribution in [0.2, 0.25) is 0 Å². The summed E-state index contributed by atoms with van der Waals surface area (Å²) in [7, 11) is -3.23. The Morgan fingerprint density at radius 1 is 1.17 bits per heavy atom. The van der Waals surface area contributed by atoms with Gasteiger partial charge in [-0.2, -0.15) is 5.26 Å². The number of hydrogen-bond acceptors (Lipinski definition) is 6. The molecule has 124 valence electrons. The van der Waals surface area contributed by atoms with Gasteiger partial charge in [0.15, 0.2) is 9.84 Å². The van der Waals surface area contributed by atoms with Crippen molar-refractivity contribution in [3.63, 3.8) is 0 Å². The summed E-state index contributed by atoms with van der Waals surface area (Å²) in [5.74, 6) is 0.554. The number of anilines is 1. The SMILES string of the molecule is CS(=O)(=O)c1ccc(C2SCC(O)N2c2ccc(C#N)cc2)cc1. The van der Waals surface area contributed by atoms with E-state index in [0.29, 0.717) is 11.3 Å². The molecule has 0 aliphatic carbocycles. The summed E-state index contributed by atoms with van der Waals surface area (Å²) in [4.78, 5) is 2.15. The normalized spacial score (nSPS) is 20.8. The predicted octanol–water partition coefficient (Wildman–Crippen LogP) is 2.53. The number of benzene rings is 2. The second kappa shape index (κ2) is 6.48. The number of sulfone groups is 1. The molecular weight excluding hydrogens is 344 g/mol. The standard InChI is InChI=1S/C17H16N2O3S2/c1-24(21,22)15-8-4-13(5-9-15)17-19(16(20)11-23-17)14-6-2-12(10-18)3-7-14/h2-9,16-17,20H,11H2,1H3. The minimum absolute atomic E-state index is 0.110. The second-order valence-corrected chi connectivity index (χ2v) is 8.70. The Balaban J connectivity index is 1.92. The molecular formula is C17H16N2O3S2. The lowest BCUT2D eigenvalue weighted by Crippen LogP contribution is -2.32. The lowest BCUT2D eigenvalue weighted by Gasteiger charge is -2.29. The Labute approximate surface area is 145 Å². The highest BCUT2D eigenvalue weighted by atomic mass is 32.2. The molecule has 0 bridgehead atoms. The summed E-state index contributed by atoms with van der Waals surface area (Å²) in [6.07, 6.45) is 0.543. The van der Waals surface area contributed by atoms with Crippen LogP contribution in [0, 0.1) is 11.3 Å². The summed E-state index contributed by atoms with van der Waals surface area (Å²) in [5.41, 5.74) is 2.31. The van der Waals surface area contributed by atoms with Crippen LogP contribution in [0.5, 0.6) is 0 Å². The number of rotatable bonds is 3. The molecule has 24 heavy (non-hydrogen) atoms. The van der Waals surface area contributed by atoms with Crippen LogP contribution in [-0.2, 0) is 9.84 Å². The van der Waals surface area contributed by atoms with E-state index in [4.69, 9.17) is 5.26 Å². The lowest BCUT2D eigenvalue weighted by molar-refractivity contribution is 0.198. The minimum Gasteiger partial charge on any atom is -0.373 e. The summed E-state index contributed by atoms with van der Waals surface area (Å²) in [5, 5.41) is 19.1. The number of aliphatic hydroxyl groups is 1. The lowest BCUT2D eigenvalue weighted by atomic mass is 10.1. The van der Waals surface area contributed by atoms with Crippen LogP contribution in [0.15, 0.2) is 53.4 Å². The molecule has 0 aromatic heterocycles. The van der Waals surface area contributed by atoms with Crippen LogP contribution >= 0.6 is 11.8 Å². The van der Waals surface area contributed by atoms with E-state index in [1.807, 2.05) is 17.0 Å². The van der Waals surface area contributed by atoms with E-state index in [1.54, 1.807) is 48.2 Å². The Kier molecular flexibility index (Phi) is 4.54. The Hall–Kier alpha value is -2.01. The summed E-state index contributed by atoms with van der Waals surface area (Å²) in [6.45, 7) is 0. The van der Waals surface area contributed by atoms with Crippen molar-refractivity contribution in [3.8, 4) is 6.07 Å². The Morgan fingerprint density at radius 3 is 2.33 bits per heavy atom. The fourth-order valence-corrected chi connectivity index (χ4v) is 4.56. The van der Waals surface area contributed by atoms with Crippen LogP contribution in [0.25, 0.3) is 0 Å². The molecule has 0 radical (unpaired) electrons. The van der Waals surface area contributed by atoms with Crippen LogP contribution in [0.3, 0.4) is 0 Å². The van der Waals surface area contributed by atoms with E-state index < -0.39 is 16.1 Å². The van der Waals surface area contributed by atoms with Crippen LogP contribution in [-0.4, -0.2) is 31.8 Å². The van der Waals surface area contributed by atoms with Gasteiger partial charge in [0, 0.05) is 17.7 Å². The number of nitrogens with zero attached hydrogens (tertiary/aromatic N) is 2. The molecule has 1 N–H and O–H groups in total. The third-order valence-corrected chi connectivity index (χ3v) is 6.30. The highest BCUT2D eigenvalue weighted by molar-refractivity contribution is 8.00. The van der Waals surface area contributed by atoms with Crippen molar-refractivity contribution in [3.05, 3.63) is 59.7 Å². The van der Waals surface area contributed by atoms with Crippen LogP contribution in [0.4, 0.5) is 5.69 Å². The molecule has 1 heterocycles. The first-order chi connectivity index (χ1) is 11.4. The molecule has 2 unspecified atom stereocenters. The van der Waals surface area contributed by atoms with E-state index in [0.717, 1.165) is 11.3 Å². The van der Waals surface area contributed by atoms with Gasteiger partial charge in [-0.1, -0.05) is 12.1 Å². The summed E-state index contributed by atoms with van der Waals surface area (Å²) < 4.78 is 23.2. The number of aliphatic hydroxyl groups excluding tert-OH is 1. The van der Waals surface area contributed by atoms with E-state index in [9.17, 15) is 13.5 Å². The van der Waals surface area contributed by atoms with E-state index in [-0.39, 0.29) is 10.3 Å². The molecule has 1 aliphatic heterocycles. The van der Waals surface area contributed by atoms with Crippen molar-refractivity contribution in [1.29, 1.82) is 5.26 Å². The fourth-order valence-electron chi connectivity index (χ4n) is 2.65. The molecule has 2 aromatic carbocycles. The van der Waals surface area contributed by atoms with Crippen LogP contribution < -0.4 is 4.90 Å². The average molecular weight is 360 g/mol. The van der Waals surface area contributed by atoms with E-state index in [1.165, 1.54) is 6.26 Å². The van der Waals surface area contributed by atoms with E-state index in [2.05, 4.69) is 6.07 Å². The van der Waals surface area contributed by atoms with Crippen molar-refractivity contribution in [2.45, 2.75) is 16.5 Å². The van der Waals surface area contributed by atoms with Crippen molar-refractivity contribution >= 4 is 27.3 Å². The van der Waals surface area contributed by atoms with Crippen molar-refractivity contribution < 1.29 is 13.5 Å². The van der Waals surface area contributed by atoms with Gasteiger partial charge in [-0.3, -0.25) is 0 Å². The molecule has 0 amide bonds. The third-order valence-electron chi connectivity index (χ3n) is 3.86. The van der Waals surface area contributed by atoms with Crippen molar-refractivity contribution in [1.82, 2.24) is 0 Å². The average Bonchev–Trinajstić information content (AvgIpc) is 2.96. The monoisotopic (exact) mass is 360 g/mol. The summed E-state index contributed by atoms with van der Waals surface area (Å²) in [6, 6.07) is 15.9. The zero-order valence-electron chi connectivity index (χ0n) is 13.0. The van der Waals surface area contributed by atoms with Gasteiger partial charge in [0.05, 0.1) is 16.5 Å². The Bertz CT molecular complexity index is 872. The number of hydrogen-bond donors (Lipinski definition) is 1. The van der Waals surface area contributed by atoms with Crippen LogP contribution in [0.1, 0.15) is 16.5 Å². The molecule has 1 aliphatic rings. The largest absolute Gasteiger partial charge is 0.373 e. The zero-order chi connectivity index (χ0) is 17.3. The molecule has 2 aromatic rings. The van der Waals surface area contributed by atoms with Gasteiger partial charge >= 0.3 is 0 Å². The quantitative estimate of drug-likeness (QED) is 0.906. The van der Waals surface area contributed by atoms with Gasteiger partial charge in [-0.05, 0) is 42.0 Å². The Morgan fingerprint density at radius 2 is 1.79 bits per heavy atom. The minimum atomic E-state index is -3.23. The van der Waals surface area contributed by atoms with Gasteiger partial charge in [-0.25, -0.2) is 8.42 Å². The molecule has 0 spiro atoms. The maximum atomic E-state index is 11.6. The topological polar surface area (TPSA) is 81.4 Å². The number of nitriles is 1. The van der Waals surface area contributed by atoms with Gasteiger partial charge in [0.1, 0.15) is 11.6 Å². The smallest absolute Gasteiger partial charge is 0.175 e. The second-order valence-electron chi connectivity index (χ2n) is 5.57. The molecule has 1 fully saturated rings. The molecule has 3 rings (SSSR count). The first-order valence-corrected chi connectivity index (χ1v) is 10.2. The molecule has 0 saturated carbocycles. The third kappa shape index (κ3) is 3.26. The molecule has 1 saturated heterocycles. The number of thioether (sulfide) groups is 1. The van der Waals surface area contributed by atoms with Gasteiger partial charge in [0.2, 0.25) is 0 Å². The maximum Gasteiger partial charge on any atom is 0.175 e. The van der Waals surface area contributed by atoms with E-state index >= 15 is 0 Å². The zero-order valence-corrected chi connectivity index (χ0v) is 14.6. The predicted molar refractivity (Wildman–Crippen MR) is 94.4 cm³/mol. The van der Waals surface area contributed by atoms with Gasteiger partial charge < -0.3 is 10.0 Å². The molecule has 5 nitrogen and oxygen atoms in total. The highest BCUT2D eigenvalue weighted by Gasteiger charge is 2.34. The first-order valence-electron chi connectivity index (χ1n) is 7.28. The van der Waals surface area contributed by atoms with Gasteiger partial charge in [0.25, 0.3) is 0 Å². The van der Waals surface area contributed by atoms with Crippen molar-refractivity contribution in [2.75, 3.05) is 16.9 Å². The summed E-state index contributed by atoms with van der Waals surface area (Å²) >= 11 is 1.59. The van der Waals surface area contributed by atoms with Gasteiger partial charge in [-0.15, -0.1) is 11.8 Å². The highest BCUT2D eigenvalue weighted by Crippen LogP contribution is 2.43. The maximum absolute atomic E-state index is 11.6. The van der Waals surface area contributed by atoms with Crippen molar-refractivity contribution in [2.24, 2.45) is 0 Å². The first kappa shape index (κ1) is 16.8. The molecule has 2 atom stereocenters. The fraction of sp³-hybridized carbons (Fsp3) is 0.235.